The minimum absolute atomic E-state index is 0. The van der Waals surface area contributed by atoms with E-state index in [0.29, 0.717) is 13.1 Å². The normalized spacial score (nSPS) is 19.8. The fourth-order valence-corrected chi connectivity index (χ4v) is 4.34. The van der Waals surface area contributed by atoms with Crippen molar-refractivity contribution in [3.63, 3.8) is 0 Å². The van der Waals surface area contributed by atoms with Gasteiger partial charge in [-0.2, -0.15) is 4.31 Å². The van der Waals surface area contributed by atoms with Crippen molar-refractivity contribution in [1.82, 2.24) is 14.6 Å². The molecule has 3 N–H and O–H groups in total. The van der Waals surface area contributed by atoms with Gasteiger partial charge in [-0.1, -0.05) is 11.6 Å². The molecule has 2 heterocycles. The lowest BCUT2D eigenvalue weighted by atomic mass is 10.2. The molecule has 0 radical (unpaired) electrons. The number of likely N-dealkylation sites (N-methyl/N-ethyl adjacent to an activating group) is 1. The summed E-state index contributed by atoms with van der Waals surface area (Å²) in [6.07, 6.45) is 3.03. The summed E-state index contributed by atoms with van der Waals surface area (Å²) < 4.78 is 26.7. The molecular formula is C11H18Cl2N4O2S. The van der Waals surface area contributed by atoms with Crippen molar-refractivity contribution < 1.29 is 8.42 Å². The van der Waals surface area contributed by atoms with Crippen LogP contribution >= 0.6 is 24.0 Å². The van der Waals surface area contributed by atoms with Crippen LogP contribution < -0.4 is 11.1 Å². The van der Waals surface area contributed by atoms with Gasteiger partial charge in [0.25, 0.3) is 0 Å². The number of rotatable bonds is 4. The van der Waals surface area contributed by atoms with Crippen LogP contribution in [0.25, 0.3) is 0 Å². The van der Waals surface area contributed by atoms with Crippen LogP contribution in [-0.4, -0.2) is 43.9 Å². The molecule has 114 valence electrons. The molecule has 1 aliphatic rings. The Morgan fingerprint density at radius 2 is 2.30 bits per heavy atom. The molecule has 1 aromatic rings. The first-order valence-corrected chi connectivity index (χ1v) is 7.86. The number of hydrogen-bond acceptors (Lipinski definition) is 5. The molecule has 0 amide bonds. The predicted octanol–water partition coefficient (Wildman–Crippen LogP) is 1.11. The van der Waals surface area contributed by atoms with Gasteiger partial charge in [-0.3, -0.25) is 0 Å². The number of nitrogens with two attached hydrogens (primary N) is 1. The highest BCUT2D eigenvalue weighted by atomic mass is 35.5. The lowest BCUT2D eigenvalue weighted by Crippen LogP contribution is -2.41. The van der Waals surface area contributed by atoms with Crippen molar-refractivity contribution in [3.05, 3.63) is 17.3 Å². The number of hydrogen-bond donors (Lipinski definition) is 2. The third-order valence-corrected chi connectivity index (χ3v) is 5.39. The Balaban J connectivity index is 0.00000200. The summed E-state index contributed by atoms with van der Waals surface area (Å²) in [5.74, 6) is -0.0143. The average molecular weight is 341 g/mol. The van der Waals surface area contributed by atoms with Crippen LogP contribution in [-0.2, 0) is 10.0 Å². The Hall–Kier alpha value is -0.600. The summed E-state index contributed by atoms with van der Waals surface area (Å²) in [4.78, 5) is 3.80. The van der Waals surface area contributed by atoms with Crippen molar-refractivity contribution in [2.24, 2.45) is 0 Å². The highest BCUT2D eigenvalue weighted by molar-refractivity contribution is 7.89. The molecule has 1 unspecified atom stereocenters. The smallest absolute Gasteiger partial charge is 0.247 e. The van der Waals surface area contributed by atoms with Crippen LogP contribution in [0.5, 0.6) is 0 Å². The van der Waals surface area contributed by atoms with Gasteiger partial charge in [-0.25, -0.2) is 13.4 Å². The molecule has 20 heavy (non-hydrogen) atoms. The van der Waals surface area contributed by atoms with Crippen molar-refractivity contribution >= 4 is 39.8 Å². The number of pyridine rings is 1. The Labute approximate surface area is 130 Å². The molecule has 1 saturated heterocycles. The van der Waals surface area contributed by atoms with E-state index >= 15 is 0 Å². The van der Waals surface area contributed by atoms with Crippen molar-refractivity contribution in [2.75, 3.05) is 25.9 Å². The fraction of sp³-hybridized carbons (Fsp3) is 0.545. The van der Waals surface area contributed by atoms with Gasteiger partial charge in [0.15, 0.2) is 0 Å². The summed E-state index contributed by atoms with van der Waals surface area (Å²) in [5, 5.41) is 3.27. The van der Waals surface area contributed by atoms with E-state index in [1.165, 1.54) is 16.6 Å². The fourth-order valence-electron chi connectivity index (χ4n) is 2.33. The van der Waals surface area contributed by atoms with Crippen LogP contribution in [0.15, 0.2) is 17.2 Å². The molecule has 2 rings (SSSR count). The van der Waals surface area contributed by atoms with E-state index in [1.54, 1.807) is 7.05 Å². The molecule has 1 atom stereocenters. The Bertz CT molecular complexity index is 568. The molecule has 1 aromatic heterocycles. The average Bonchev–Trinajstić information content (AvgIpc) is 2.81. The summed E-state index contributed by atoms with van der Waals surface area (Å²) in [5.41, 5.74) is 5.67. The maximum atomic E-state index is 12.6. The molecule has 1 fully saturated rings. The molecule has 6 nitrogen and oxygen atoms in total. The molecule has 0 aliphatic carbocycles. The van der Waals surface area contributed by atoms with Crippen LogP contribution in [0.1, 0.15) is 12.8 Å². The van der Waals surface area contributed by atoms with Gasteiger partial charge < -0.3 is 11.1 Å². The van der Waals surface area contributed by atoms with Crippen molar-refractivity contribution in [2.45, 2.75) is 23.8 Å². The molecule has 9 heteroatoms. The minimum atomic E-state index is -3.64. The Morgan fingerprint density at radius 1 is 1.60 bits per heavy atom. The lowest BCUT2D eigenvalue weighted by Gasteiger charge is -2.24. The Kier molecular flexibility index (Phi) is 6.03. The second-order valence-electron chi connectivity index (χ2n) is 4.51. The molecular weight excluding hydrogens is 323 g/mol. The third-order valence-electron chi connectivity index (χ3n) is 3.20. The van der Waals surface area contributed by atoms with E-state index in [2.05, 4.69) is 10.3 Å². The number of sulfonamides is 1. The van der Waals surface area contributed by atoms with Crippen LogP contribution in [0.2, 0.25) is 5.02 Å². The van der Waals surface area contributed by atoms with E-state index in [9.17, 15) is 8.42 Å². The van der Waals surface area contributed by atoms with Crippen LogP contribution in [0.3, 0.4) is 0 Å². The molecule has 0 aromatic carbocycles. The zero-order valence-corrected chi connectivity index (χ0v) is 13.4. The summed E-state index contributed by atoms with van der Waals surface area (Å²) in [6, 6.07) is 1.31. The van der Waals surface area contributed by atoms with E-state index in [4.69, 9.17) is 17.3 Å². The third kappa shape index (κ3) is 3.35. The Morgan fingerprint density at radius 3 is 2.95 bits per heavy atom. The van der Waals surface area contributed by atoms with Gasteiger partial charge in [0.2, 0.25) is 10.0 Å². The van der Waals surface area contributed by atoms with Gasteiger partial charge in [0, 0.05) is 25.3 Å². The predicted molar refractivity (Wildman–Crippen MR) is 81.7 cm³/mol. The lowest BCUT2D eigenvalue weighted by molar-refractivity contribution is 0.379. The van der Waals surface area contributed by atoms with Crippen LogP contribution in [0, 0.1) is 0 Å². The first-order valence-electron chi connectivity index (χ1n) is 6.04. The van der Waals surface area contributed by atoms with E-state index in [1.807, 2.05) is 0 Å². The second-order valence-corrected chi connectivity index (χ2v) is 6.80. The minimum Gasteiger partial charge on any atom is -0.383 e. The van der Waals surface area contributed by atoms with E-state index in [-0.39, 0.29) is 34.2 Å². The zero-order chi connectivity index (χ0) is 14.0. The standard InChI is InChI=1S/C11H17ClN4O2S.ClH/c1-14-7-9-3-2-4-16(9)19(17,18)10-5-8(12)6-15-11(10)13;/h5-6,9,14H,2-4,7H2,1H3,(H2,13,15);1H. The SMILES string of the molecule is CNCC1CCCN1S(=O)(=O)c1cc(Cl)cnc1N.Cl. The highest BCUT2D eigenvalue weighted by Gasteiger charge is 2.36. The quantitative estimate of drug-likeness (QED) is 0.857. The van der Waals surface area contributed by atoms with E-state index < -0.39 is 10.0 Å². The van der Waals surface area contributed by atoms with Gasteiger partial charge in [0.05, 0.1) is 5.02 Å². The monoisotopic (exact) mass is 340 g/mol. The second kappa shape index (κ2) is 6.91. The van der Waals surface area contributed by atoms with Gasteiger partial charge in [-0.05, 0) is 26.0 Å². The maximum Gasteiger partial charge on any atom is 0.247 e. The number of aromatic nitrogens is 1. The molecule has 0 spiro atoms. The first kappa shape index (κ1) is 17.5. The largest absolute Gasteiger partial charge is 0.383 e. The summed E-state index contributed by atoms with van der Waals surface area (Å²) in [6.45, 7) is 1.12. The molecule has 0 bridgehead atoms. The zero-order valence-electron chi connectivity index (χ0n) is 11.0. The maximum absolute atomic E-state index is 12.6. The highest BCUT2D eigenvalue weighted by Crippen LogP contribution is 2.29. The van der Waals surface area contributed by atoms with Crippen molar-refractivity contribution in [3.8, 4) is 0 Å². The van der Waals surface area contributed by atoms with E-state index in [0.717, 1.165) is 12.8 Å². The molecule has 0 saturated carbocycles. The van der Waals surface area contributed by atoms with Gasteiger partial charge >= 0.3 is 0 Å². The van der Waals surface area contributed by atoms with Crippen LogP contribution in [0.4, 0.5) is 5.82 Å². The van der Waals surface area contributed by atoms with Gasteiger partial charge in [-0.15, -0.1) is 12.4 Å². The number of anilines is 1. The number of nitrogens with zero attached hydrogens (tertiary/aromatic N) is 2. The summed E-state index contributed by atoms with van der Waals surface area (Å²) in [7, 11) is -1.84. The van der Waals surface area contributed by atoms with Crippen molar-refractivity contribution in [1.29, 1.82) is 0 Å². The number of nitrogens with one attached hydrogen (secondary N) is 1. The molecule has 1 aliphatic heterocycles. The summed E-state index contributed by atoms with van der Waals surface area (Å²) >= 11 is 5.81. The first-order chi connectivity index (χ1) is 8.96. The number of halogens is 2. The number of nitrogen functional groups attached to an aromatic ring is 1. The van der Waals surface area contributed by atoms with Gasteiger partial charge in [0.1, 0.15) is 10.7 Å². The topological polar surface area (TPSA) is 88.3 Å².